The second-order valence-electron chi connectivity index (χ2n) is 4.43. The SMILES string of the molecule is CCOC1CC(CC(=O)NCC(Br)CC)C1. The predicted octanol–water partition coefficient (Wildman–Crippen LogP) is 2.48. The molecule has 1 saturated carbocycles. The Balaban J connectivity index is 2.03. The van der Waals surface area contributed by atoms with Gasteiger partial charge in [0.15, 0.2) is 0 Å². The Labute approximate surface area is 106 Å². The van der Waals surface area contributed by atoms with Crippen molar-refractivity contribution in [3.05, 3.63) is 0 Å². The number of amides is 1. The van der Waals surface area contributed by atoms with Gasteiger partial charge in [-0.1, -0.05) is 22.9 Å². The molecule has 1 rings (SSSR count). The largest absolute Gasteiger partial charge is 0.378 e. The molecule has 1 unspecified atom stereocenters. The minimum atomic E-state index is 0.179. The predicted molar refractivity (Wildman–Crippen MR) is 68.8 cm³/mol. The second kappa shape index (κ2) is 7.28. The molecule has 1 N–H and O–H groups in total. The zero-order valence-corrected chi connectivity index (χ0v) is 11.8. The minimum absolute atomic E-state index is 0.179. The monoisotopic (exact) mass is 291 g/mol. The summed E-state index contributed by atoms with van der Waals surface area (Å²) in [5, 5.41) is 2.95. The van der Waals surface area contributed by atoms with Crippen molar-refractivity contribution >= 4 is 21.8 Å². The highest BCUT2D eigenvalue weighted by Gasteiger charge is 2.30. The van der Waals surface area contributed by atoms with Gasteiger partial charge in [0.2, 0.25) is 5.91 Å². The normalized spacial score (nSPS) is 25.9. The van der Waals surface area contributed by atoms with Gasteiger partial charge in [-0.25, -0.2) is 0 Å². The van der Waals surface area contributed by atoms with Gasteiger partial charge in [0, 0.05) is 24.4 Å². The van der Waals surface area contributed by atoms with Crippen LogP contribution in [0.15, 0.2) is 0 Å². The maximum Gasteiger partial charge on any atom is 0.220 e. The molecule has 3 nitrogen and oxygen atoms in total. The van der Waals surface area contributed by atoms with Crippen molar-refractivity contribution in [1.82, 2.24) is 5.32 Å². The van der Waals surface area contributed by atoms with E-state index in [9.17, 15) is 4.79 Å². The van der Waals surface area contributed by atoms with Crippen molar-refractivity contribution in [2.75, 3.05) is 13.2 Å². The molecule has 1 aliphatic carbocycles. The summed E-state index contributed by atoms with van der Waals surface area (Å²) in [5.74, 6) is 0.713. The molecular formula is C12H22BrNO2. The van der Waals surface area contributed by atoms with E-state index < -0.39 is 0 Å². The average Bonchev–Trinajstić information content (AvgIpc) is 2.23. The fourth-order valence-electron chi connectivity index (χ4n) is 1.92. The summed E-state index contributed by atoms with van der Waals surface area (Å²) in [7, 11) is 0. The average molecular weight is 292 g/mol. The minimum Gasteiger partial charge on any atom is -0.378 e. The summed E-state index contributed by atoms with van der Waals surface area (Å²) in [6.45, 7) is 5.63. The molecule has 0 bridgehead atoms. The standard InChI is InChI=1S/C12H22BrNO2/c1-3-10(13)8-14-12(15)7-9-5-11(6-9)16-4-2/h9-11H,3-8H2,1-2H3,(H,14,15). The van der Waals surface area contributed by atoms with E-state index in [2.05, 4.69) is 28.2 Å². The van der Waals surface area contributed by atoms with Gasteiger partial charge in [-0.15, -0.1) is 0 Å². The van der Waals surface area contributed by atoms with Crippen LogP contribution in [0.3, 0.4) is 0 Å². The van der Waals surface area contributed by atoms with Gasteiger partial charge in [0.05, 0.1) is 6.10 Å². The Hall–Kier alpha value is -0.0900. The maximum absolute atomic E-state index is 11.6. The molecule has 1 fully saturated rings. The van der Waals surface area contributed by atoms with Crippen molar-refractivity contribution in [1.29, 1.82) is 0 Å². The van der Waals surface area contributed by atoms with Crippen LogP contribution in [0.4, 0.5) is 0 Å². The molecular weight excluding hydrogens is 270 g/mol. The molecule has 0 aromatic carbocycles. The number of hydrogen-bond acceptors (Lipinski definition) is 2. The van der Waals surface area contributed by atoms with Gasteiger partial charge < -0.3 is 10.1 Å². The summed E-state index contributed by atoms with van der Waals surface area (Å²) in [4.78, 5) is 12.0. The van der Waals surface area contributed by atoms with E-state index in [4.69, 9.17) is 4.74 Å². The number of rotatable bonds is 7. The van der Waals surface area contributed by atoms with E-state index in [1.165, 1.54) is 0 Å². The number of hydrogen-bond donors (Lipinski definition) is 1. The third-order valence-corrected chi connectivity index (χ3v) is 4.00. The molecule has 1 amide bonds. The fraction of sp³-hybridized carbons (Fsp3) is 0.917. The lowest BCUT2D eigenvalue weighted by Crippen LogP contribution is -2.37. The van der Waals surface area contributed by atoms with E-state index in [0.717, 1.165) is 32.4 Å². The first-order chi connectivity index (χ1) is 7.65. The van der Waals surface area contributed by atoms with Crippen LogP contribution in [-0.4, -0.2) is 30.0 Å². The molecule has 0 aliphatic heterocycles. The highest BCUT2D eigenvalue weighted by Crippen LogP contribution is 2.32. The van der Waals surface area contributed by atoms with Crippen LogP contribution in [0.1, 0.15) is 39.5 Å². The van der Waals surface area contributed by atoms with Gasteiger partial charge in [0.25, 0.3) is 0 Å². The van der Waals surface area contributed by atoms with E-state index in [-0.39, 0.29) is 5.91 Å². The molecule has 0 aromatic rings. The van der Waals surface area contributed by atoms with Crippen molar-refractivity contribution in [3.63, 3.8) is 0 Å². The fourth-order valence-corrected chi connectivity index (χ4v) is 2.08. The number of ether oxygens (including phenoxy) is 1. The van der Waals surface area contributed by atoms with Crippen LogP contribution in [0.25, 0.3) is 0 Å². The molecule has 1 aliphatic rings. The smallest absolute Gasteiger partial charge is 0.220 e. The Bertz CT molecular complexity index is 217. The molecule has 0 heterocycles. The van der Waals surface area contributed by atoms with Gasteiger partial charge in [-0.3, -0.25) is 4.79 Å². The highest BCUT2D eigenvalue weighted by atomic mass is 79.9. The van der Waals surface area contributed by atoms with Crippen LogP contribution >= 0.6 is 15.9 Å². The topological polar surface area (TPSA) is 38.3 Å². The summed E-state index contributed by atoms with van der Waals surface area (Å²) in [6, 6.07) is 0. The molecule has 0 saturated heterocycles. The van der Waals surface area contributed by atoms with Crippen LogP contribution < -0.4 is 5.32 Å². The van der Waals surface area contributed by atoms with Crippen LogP contribution in [0.5, 0.6) is 0 Å². The van der Waals surface area contributed by atoms with E-state index >= 15 is 0 Å². The van der Waals surface area contributed by atoms with Gasteiger partial charge in [-0.05, 0) is 32.1 Å². The highest BCUT2D eigenvalue weighted by molar-refractivity contribution is 9.09. The van der Waals surface area contributed by atoms with Crippen molar-refractivity contribution < 1.29 is 9.53 Å². The number of halogens is 1. The van der Waals surface area contributed by atoms with Crippen molar-refractivity contribution in [3.8, 4) is 0 Å². The molecule has 0 radical (unpaired) electrons. The zero-order valence-electron chi connectivity index (χ0n) is 10.2. The molecule has 0 spiro atoms. The zero-order chi connectivity index (χ0) is 12.0. The lowest BCUT2D eigenvalue weighted by molar-refractivity contribution is -0.124. The number of carbonyl (C=O) groups is 1. The Morgan fingerprint density at radius 3 is 2.75 bits per heavy atom. The van der Waals surface area contributed by atoms with Crippen molar-refractivity contribution in [2.24, 2.45) is 5.92 Å². The van der Waals surface area contributed by atoms with Gasteiger partial charge >= 0.3 is 0 Å². The summed E-state index contributed by atoms with van der Waals surface area (Å²) in [6.07, 6.45) is 4.20. The Morgan fingerprint density at radius 2 is 2.19 bits per heavy atom. The van der Waals surface area contributed by atoms with Gasteiger partial charge in [0.1, 0.15) is 0 Å². The molecule has 0 aromatic heterocycles. The quantitative estimate of drug-likeness (QED) is 0.732. The summed E-state index contributed by atoms with van der Waals surface area (Å²) >= 11 is 3.50. The lowest BCUT2D eigenvalue weighted by atomic mass is 9.80. The van der Waals surface area contributed by atoms with Gasteiger partial charge in [-0.2, -0.15) is 0 Å². The second-order valence-corrected chi connectivity index (χ2v) is 5.72. The number of nitrogens with one attached hydrogen (secondary N) is 1. The van der Waals surface area contributed by atoms with Crippen LogP contribution in [0.2, 0.25) is 0 Å². The first-order valence-corrected chi connectivity index (χ1v) is 7.09. The third-order valence-electron chi connectivity index (χ3n) is 3.03. The first kappa shape index (κ1) is 14.0. The third kappa shape index (κ3) is 4.83. The molecule has 94 valence electrons. The Morgan fingerprint density at radius 1 is 1.50 bits per heavy atom. The number of alkyl halides is 1. The van der Waals surface area contributed by atoms with Crippen LogP contribution in [-0.2, 0) is 9.53 Å². The lowest BCUT2D eigenvalue weighted by Gasteiger charge is -2.34. The van der Waals surface area contributed by atoms with E-state index in [1.807, 2.05) is 6.92 Å². The summed E-state index contributed by atoms with van der Waals surface area (Å²) in [5.41, 5.74) is 0. The van der Waals surface area contributed by atoms with E-state index in [1.54, 1.807) is 0 Å². The molecule has 4 heteroatoms. The first-order valence-electron chi connectivity index (χ1n) is 6.18. The summed E-state index contributed by atoms with van der Waals surface area (Å²) < 4.78 is 5.47. The van der Waals surface area contributed by atoms with Crippen molar-refractivity contribution in [2.45, 2.75) is 50.5 Å². The molecule has 1 atom stereocenters. The Kier molecular flexibility index (Phi) is 6.36. The maximum atomic E-state index is 11.6. The van der Waals surface area contributed by atoms with E-state index in [0.29, 0.717) is 23.3 Å². The molecule has 16 heavy (non-hydrogen) atoms. The van der Waals surface area contributed by atoms with Crippen LogP contribution in [0, 0.1) is 5.92 Å². The number of carbonyl (C=O) groups excluding carboxylic acids is 1.